The predicted octanol–water partition coefficient (Wildman–Crippen LogP) is 5.09. The highest BCUT2D eigenvalue weighted by Crippen LogP contribution is 2.44. The van der Waals surface area contributed by atoms with Crippen LogP contribution in [0.4, 0.5) is 16.2 Å². The fourth-order valence-corrected chi connectivity index (χ4v) is 4.19. The van der Waals surface area contributed by atoms with E-state index in [1.807, 2.05) is 26.8 Å². The van der Waals surface area contributed by atoms with Crippen LogP contribution in [0.3, 0.4) is 0 Å². The summed E-state index contributed by atoms with van der Waals surface area (Å²) in [6.45, 7) is 16.0. The molecule has 1 amide bonds. The number of benzene rings is 1. The molecule has 8 nitrogen and oxygen atoms in total. The molecule has 0 bridgehead atoms. The van der Waals surface area contributed by atoms with Crippen molar-refractivity contribution < 1.29 is 14.8 Å². The number of hydrogen-bond donors (Lipinski definition) is 3. The lowest BCUT2D eigenvalue weighted by atomic mass is 9.71. The average Bonchev–Trinajstić information content (AvgIpc) is 3.09. The normalized spacial score (nSPS) is 20.5. The number of hydrogen-bond acceptors (Lipinski definition) is 5. The second-order valence-corrected chi connectivity index (χ2v) is 10.8. The molecular formula is C23H38N4O4. The Morgan fingerprint density at radius 1 is 1.29 bits per heavy atom. The number of carboxylic acid groups (broad SMARTS) is 1. The number of nitro benzene ring substituents is 1. The van der Waals surface area contributed by atoms with E-state index in [1.165, 1.54) is 4.90 Å². The maximum Gasteiger partial charge on any atom is 0.407 e. The summed E-state index contributed by atoms with van der Waals surface area (Å²) in [5.41, 5.74) is 0.398. The van der Waals surface area contributed by atoms with Crippen LogP contribution in [-0.2, 0) is 6.54 Å². The van der Waals surface area contributed by atoms with Gasteiger partial charge in [-0.1, -0.05) is 47.6 Å². The summed E-state index contributed by atoms with van der Waals surface area (Å²) in [4.78, 5) is 24.7. The smallest absolute Gasteiger partial charge is 0.407 e. The third-order valence-corrected chi connectivity index (χ3v) is 6.86. The van der Waals surface area contributed by atoms with Crippen molar-refractivity contribution in [2.45, 2.75) is 79.4 Å². The quantitative estimate of drug-likeness (QED) is 0.407. The molecule has 1 aliphatic rings. The van der Waals surface area contributed by atoms with Gasteiger partial charge in [0.05, 0.1) is 10.5 Å². The summed E-state index contributed by atoms with van der Waals surface area (Å²) in [6.07, 6.45) is 0.554. The first-order valence-corrected chi connectivity index (χ1v) is 10.9. The Labute approximate surface area is 185 Å². The Balaban J connectivity index is 2.24. The Bertz CT molecular complexity index is 813. The summed E-state index contributed by atoms with van der Waals surface area (Å²) >= 11 is 0. The van der Waals surface area contributed by atoms with Gasteiger partial charge in [-0.3, -0.25) is 10.1 Å². The van der Waals surface area contributed by atoms with E-state index in [2.05, 4.69) is 38.3 Å². The second-order valence-electron chi connectivity index (χ2n) is 10.8. The molecule has 1 aliphatic heterocycles. The maximum atomic E-state index is 11.9. The molecule has 174 valence electrons. The molecule has 31 heavy (non-hydrogen) atoms. The molecule has 1 saturated heterocycles. The Morgan fingerprint density at radius 3 is 2.45 bits per heavy atom. The van der Waals surface area contributed by atoms with Gasteiger partial charge in [0.1, 0.15) is 5.69 Å². The van der Waals surface area contributed by atoms with E-state index in [9.17, 15) is 20.0 Å². The summed E-state index contributed by atoms with van der Waals surface area (Å²) in [5.74, 6) is 0. The Hall–Kier alpha value is -2.35. The zero-order chi connectivity index (χ0) is 23.6. The monoisotopic (exact) mass is 434 g/mol. The minimum atomic E-state index is -0.946. The number of anilines is 1. The number of carbonyl (C=O) groups is 1. The average molecular weight is 435 g/mol. The van der Waals surface area contributed by atoms with Crippen LogP contribution in [0.5, 0.6) is 0 Å². The molecule has 0 saturated carbocycles. The topological polar surface area (TPSA) is 108 Å². The zero-order valence-electron chi connectivity index (χ0n) is 19.9. The first-order chi connectivity index (χ1) is 14.2. The van der Waals surface area contributed by atoms with Gasteiger partial charge < -0.3 is 20.6 Å². The van der Waals surface area contributed by atoms with Gasteiger partial charge in [0.25, 0.3) is 5.69 Å². The van der Waals surface area contributed by atoms with E-state index < -0.39 is 11.6 Å². The molecule has 8 heteroatoms. The summed E-state index contributed by atoms with van der Waals surface area (Å²) in [5, 5.41) is 28.1. The zero-order valence-corrected chi connectivity index (χ0v) is 19.9. The van der Waals surface area contributed by atoms with Crippen molar-refractivity contribution in [2.75, 3.05) is 18.4 Å². The molecule has 1 fully saturated rings. The summed E-state index contributed by atoms with van der Waals surface area (Å²) in [7, 11) is 0. The third kappa shape index (κ3) is 5.47. The number of amides is 1. The fourth-order valence-electron chi connectivity index (χ4n) is 4.19. The van der Waals surface area contributed by atoms with Crippen LogP contribution in [0.1, 0.15) is 66.9 Å². The second kappa shape index (κ2) is 9.02. The van der Waals surface area contributed by atoms with E-state index in [4.69, 9.17) is 0 Å². The van der Waals surface area contributed by atoms with Crippen LogP contribution >= 0.6 is 0 Å². The third-order valence-electron chi connectivity index (χ3n) is 6.86. The SMILES string of the molecule is C[C@H](NCc1ccc(NCC2(C(C)(C)C)CCCN2C(=O)O)c([N+](=O)[O-])c1)C(C)(C)C. The van der Waals surface area contributed by atoms with Crippen molar-refractivity contribution in [3.8, 4) is 0 Å². The number of rotatable bonds is 7. The molecular weight excluding hydrogens is 396 g/mol. The Morgan fingerprint density at radius 2 is 1.94 bits per heavy atom. The largest absolute Gasteiger partial charge is 0.465 e. The first kappa shape index (κ1) is 24.9. The lowest BCUT2D eigenvalue weighted by molar-refractivity contribution is -0.384. The number of likely N-dealkylation sites (tertiary alicyclic amines) is 1. The van der Waals surface area contributed by atoms with Gasteiger partial charge >= 0.3 is 6.09 Å². The van der Waals surface area contributed by atoms with Crippen LogP contribution < -0.4 is 10.6 Å². The van der Waals surface area contributed by atoms with Crippen molar-refractivity contribution in [1.82, 2.24) is 10.2 Å². The van der Waals surface area contributed by atoms with Gasteiger partial charge in [0.2, 0.25) is 0 Å². The lowest BCUT2D eigenvalue weighted by Crippen LogP contribution is -2.59. The fraction of sp³-hybridized carbons (Fsp3) is 0.696. The highest BCUT2D eigenvalue weighted by atomic mass is 16.6. The Kier molecular flexibility index (Phi) is 7.25. The number of nitro groups is 1. The molecule has 1 unspecified atom stereocenters. The van der Waals surface area contributed by atoms with Crippen molar-refractivity contribution in [3.63, 3.8) is 0 Å². The van der Waals surface area contributed by atoms with E-state index in [1.54, 1.807) is 12.1 Å². The standard InChI is InChI=1S/C23H38N4O4/c1-16(21(2,3)4)24-14-17-9-10-18(19(13-17)27(30)31)25-15-23(22(5,6)7)11-8-12-26(23)20(28)29/h9-10,13,16,24-25H,8,11-12,14-15H2,1-7H3,(H,28,29)/t16-,23?/m0/s1. The van der Waals surface area contributed by atoms with Crippen molar-refractivity contribution in [3.05, 3.63) is 33.9 Å². The van der Waals surface area contributed by atoms with Gasteiger partial charge in [-0.25, -0.2) is 4.79 Å². The van der Waals surface area contributed by atoms with Crippen LogP contribution in [0, 0.1) is 20.9 Å². The lowest BCUT2D eigenvalue weighted by Gasteiger charge is -2.47. The maximum absolute atomic E-state index is 11.9. The molecule has 0 spiro atoms. The molecule has 1 heterocycles. The molecule has 1 aromatic carbocycles. The van der Waals surface area contributed by atoms with E-state index in [-0.39, 0.29) is 27.5 Å². The summed E-state index contributed by atoms with van der Waals surface area (Å²) < 4.78 is 0. The minimum absolute atomic E-state index is 0.00615. The predicted molar refractivity (Wildman–Crippen MR) is 123 cm³/mol. The molecule has 0 aromatic heterocycles. The summed E-state index contributed by atoms with van der Waals surface area (Å²) in [6, 6.07) is 5.46. The molecule has 2 atom stereocenters. The first-order valence-electron chi connectivity index (χ1n) is 10.9. The van der Waals surface area contributed by atoms with Crippen LogP contribution in [0.15, 0.2) is 18.2 Å². The molecule has 0 aliphatic carbocycles. The molecule has 3 N–H and O–H groups in total. The van der Waals surface area contributed by atoms with Gasteiger partial charge in [-0.15, -0.1) is 0 Å². The molecule has 1 aromatic rings. The molecule has 2 rings (SSSR count). The van der Waals surface area contributed by atoms with Gasteiger partial charge in [-0.05, 0) is 42.2 Å². The van der Waals surface area contributed by atoms with E-state index >= 15 is 0 Å². The van der Waals surface area contributed by atoms with Crippen molar-refractivity contribution >= 4 is 17.5 Å². The van der Waals surface area contributed by atoms with Crippen molar-refractivity contribution in [2.24, 2.45) is 10.8 Å². The highest BCUT2D eigenvalue weighted by molar-refractivity contribution is 5.68. The van der Waals surface area contributed by atoms with Crippen LogP contribution in [0.25, 0.3) is 0 Å². The van der Waals surface area contributed by atoms with Crippen molar-refractivity contribution in [1.29, 1.82) is 0 Å². The minimum Gasteiger partial charge on any atom is -0.465 e. The molecule has 0 radical (unpaired) electrons. The van der Waals surface area contributed by atoms with Gasteiger partial charge in [0, 0.05) is 31.7 Å². The number of nitrogens with one attached hydrogen (secondary N) is 2. The number of nitrogens with zero attached hydrogens (tertiary/aromatic N) is 2. The van der Waals surface area contributed by atoms with Crippen LogP contribution in [0.2, 0.25) is 0 Å². The highest BCUT2D eigenvalue weighted by Gasteiger charge is 2.51. The van der Waals surface area contributed by atoms with Gasteiger partial charge in [0.15, 0.2) is 0 Å². The van der Waals surface area contributed by atoms with E-state index in [0.717, 1.165) is 18.4 Å². The van der Waals surface area contributed by atoms with E-state index in [0.29, 0.717) is 25.3 Å². The van der Waals surface area contributed by atoms with Gasteiger partial charge in [-0.2, -0.15) is 0 Å². The van der Waals surface area contributed by atoms with Crippen LogP contribution in [-0.4, -0.2) is 45.7 Å².